The molecular formula is C22H24N6O4. The van der Waals surface area contributed by atoms with Gasteiger partial charge in [-0.3, -0.25) is 35.1 Å². The lowest BCUT2D eigenvalue weighted by Crippen LogP contribution is -2.43. The van der Waals surface area contributed by atoms with Crippen LogP contribution in [0.5, 0.6) is 0 Å². The average Bonchev–Trinajstić information content (AvgIpc) is 2.82. The number of amides is 1. The predicted octanol–water partition coefficient (Wildman–Crippen LogP) is 2.68. The molecule has 1 aliphatic heterocycles. The van der Waals surface area contributed by atoms with E-state index in [0.717, 1.165) is 0 Å². The van der Waals surface area contributed by atoms with E-state index in [1.165, 1.54) is 10.6 Å². The van der Waals surface area contributed by atoms with E-state index in [2.05, 4.69) is 15.8 Å². The van der Waals surface area contributed by atoms with Gasteiger partial charge in [0.15, 0.2) is 0 Å². The van der Waals surface area contributed by atoms with E-state index in [1.54, 1.807) is 42.5 Å². The topological polar surface area (TPSA) is 122 Å². The number of hydrazine groups is 1. The minimum Gasteiger partial charge on any atom is -0.366 e. The third-order valence-electron chi connectivity index (χ3n) is 5.76. The molecule has 0 unspecified atom stereocenters. The van der Waals surface area contributed by atoms with Crippen LogP contribution in [0.25, 0.3) is 10.9 Å². The van der Waals surface area contributed by atoms with E-state index in [0.29, 0.717) is 49.1 Å². The van der Waals surface area contributed by atoms with Crippen LogP contribution in [0.2, 0.25) is 0 Å². The van der Waals surface area contributed by atoms with Crippen molar-refractivity contribution in [3.63, 3.8) is 0 Å². The summed E-state index contributed by atoms with van der Waals surface area (Å²) in [6, 6.07) is 13.7. The number of aromatic nitrogens is 2. The summed E-state index contributed by atoms with van der Waals surface area (Å²) in [5.41, 5.74) is 6.51. The van der Waals surface area contributed by atoms with E-state index in [4.69, 9.17) is 0 Å². The fraction of sp³-hybridized carbons (Fsp3) is 0.318. The van der Waals surface area contributed by atoms with Crippen LogP contribution < -0.4 is 21.3 Å². The van der Waals surface area contributed by atoms with Gasteiger partial charge < -0.3 is 4.90 Å². The summed E-state index contributed by atoms with van der Waals surface area (Å²) in [7, 11) is 0. The lowest BCUT2D eigenvalue weighted by atomic mass is 9.95. The molecule has 0 atom stereocenters. The number of nitrogens with zero attached hydrogens (tertiary/aromatic N) is 4. The highest BCUT2D eigenvalue weighted by Gasteiger charge is 2.28. The third-order valence-corrected chi connectivity index (χ3v) is 5.76. The number of nitro groups is 1. The molecule has 1 saturated heterocycles. The van der Waals surface area contributed by atoms with Gasteiger partial charge in [0.25, 0.3) is 11.2 Å². The number of carbonyl (C=O) groups excluding carboxylic acids is 1. The highest BCUT2D eigenvalue weighted by atomic mass is 16.6. The monoisotopic (exact) mass is 436 g/mol. The Labute approximate surface area is 184 Å². The molecule has 0 aliphatic carbocycles. The highest BCUT2D eigenvalue weighted by Crippen LogP contribution is 2.31. The number of hydrogen-bond donors (Lipinski definition) is 2. The highest BCUT2D eigenvalue weighted by molar-refractivity contribution is 5.81. The SMILES string of the molecule is CCn1c(NNC(=O)C2CCN(c3ccccc3[N+](=O)[O-])CC2)nc2ccccc2c1=O. The first-order chi connectivity index (χ1) is 15.5. The Morgan fingerprint density at radius 1 is 1.16 bits per heavy atom. The maximum absolute atomic E-state index is 12.7. The molecule has 0 bridgehead atoms. The lowest BCUT2D eigenvalue weighted by Gasteiger charge is -2.32. The Morgan fingerprint density at radius 2 is 1.84 bits per heavy atom. The third kappa shape index (κ3) is 4.11. The van der Waals surface area contributed by atoms with Crippen molar-refractivity contribution < 1.29 is 9.72 Å². The van der Waals surface area contributed by atoms with Crippen LogP contribution in [-0.4, -0.2) is 33.5 Å². The van der Waals surface area contributed by atoms with Crippen molar-refractivity contribution in [2.24, 2.45) is 5.92 Å². The van der Waals surface area contributed by atoms with Crippen LogP contribution in [0, 0.1) is 16.0 Å². The number of para-hydroxylation sites is 3. The molecule has 1 aliphatic rings. The average molecular weight is 436 g/mol. The van der Waals surface area contributed by atoms with Gasteiger partial charge in [0.2, 0.25) is 11.9 Å². The van der Waals surface area contributed by atoms with Crippen molar-refractivity contribution in [2.45, 2.75) is 26.3 Å². The second-order valence-corrected chi connectivity index (χ2v) is 7.62. The quantitative estimate of drug-likeness (QED) is 0.450. The van der Waals surface area contributed by atoms with Gasteiger partial charge in [0.1, 0.15) is 5.69 Å². The standard InChI is InChI=1S/C22H24N6O4/c1-2-27-21(30)16-7-3-4-8-17(16)23-22(27)25-24-20(29)15-11-13-26(14-12-15)18-9-5-6-10-19(18)28(31)32/h3-10,15H,2,11-14H2,1H3,(H,23,25)(H,24,29). The molecular weight excluding hydrogens is 412 g/mol. The van der Waals surface area contributed by atoms with E-state index in [-0.39, 0.29) is 33.9 Å². The number of piperidine rings is 1. The van der Waals surface area contributed by atoms with E-state index < -0.39 is 0 Å². The summed E-state index contributed by atoms with van der Waals surface area (Å²) in [6.07, 6.45) is 1.12. The Hall–Kier alpha value is -3.95. The van der Waals surface area contributed by atoms with Crippen molar-refractivity contribution in [1.29, 1.82) is 0 Å². The number of anilines is 2. The molecule has 2 heterocycles. The van der Waals surface area contributed by atoms with Gasteiger partial charge in [-0.1, -0.05) is 24.3 Å². The fourth-order valence-electron chi connectivity index (χ4n) is 4.04. The molecule has 2 aromatic carbocycles. The first-order valence-corrected chi connectivity index (χ1v) is 10.5. The molecule has 3 aromatic rings. The zero-order valence-electron chi connectivity index (χ0n) is 17.7. The second-order valence-electron chi connectivity index (χ2n) is 7.62. The van der Waals surface area contributed by atoms with Gasteiger partial charge in [-0.25, -0.2) is 4.98 Å². The maximum atomic E-state index is 12.7. The zero-order chi connectivity index (χ0) is 22.7. The molecule has 10 heteroatoms. The number of nitro benzene ring substituents is 1. The Balaban J connectivity index is 1.41. The summed E-state index contributed by atoms with van der Waals surface area (Å²) < 4.78 is 1.47. The van der Waals surface area contributed by atoms with Crippen molar-refractivity contribution in [1.82, 2.24) is 15.0 Å². The fourth-order valence-corrected chi connectivity index (χ4v) is 4.04. The number of nitrogens with one attached hydrogen (secondary N) is 2. The second kappa shape index (κ2) is 9.04. The van der Waals surface area contributed by atoms with Crippen molar-refractivity contribution in [3.8, 4) is 0 Å². The van der Waals surface area contributed by atoms with Crippen LogP contribution >= 0.6 is 0 Å². The van der Waals surface area contributed by atoms with Gasteiger partial charge in [-0.05, 0) is 38.0 Å². The molecule has 10 nitrogen and oxygen atoms in total. The number of rotatable bonds is 6. The summed E-state index contributed by atoms with van der Waals surface area (Å²) in [4.78, 5) is 42.7. The van der Waals surface area contributed by atoms with Crippen LogP contribution in [0.1, 0.15) is 19.8 Å². The first-order valence-electron chi connectivity index (χ1n) is 10.5. The Morgan fingerprint density at radius 3 is 2.56 bits per heavy atom. The minimum absolute atomic E-state index is 0.0667. The summed E-state index contributed by atoms with van der Waals surface area (Å²) >= 11 is 0. The number of carbonyl (C=O) groups is 1. The summed E-state index contributed by atoms with van der Waals surface area (Å²) in [6.45, 7) is 3.32. The molecule has 1 amide bonds. The van der Waals surface area contributed by atoms with Gasteiger partial charge >= 0.3 is 0 Å². The molecule has 1 fully saturated rings. The van der Waals surface area contributed by atoms with Crippen LogP contribution in [-0.2, 0) is 11.3 Å². The molecule has 166 valence electrons. The molecule has 0 radical (unpaired) electrons. The number of fused-ring (bicyclic) bond motifs is 1. The Bertz CT molecular complexity index is 1220. The molecule has 0 saturated carbocycles. The van der Waals surface area contributed by atoms with Gasteiger partial charge in [-0.15, -0.1) is 0 Å². The zero-order valence-corrected chi connectivity index (χ0v) is 17.7. The molecule has 1 aromatic heterocycles. The smallest absolute Gasteiger partial charge is 0.292 e. The number of benzene rings is 2. The Kier molecular flexibility index (Phi) is 6.02. The van der Waals surface area contributed by atoms with Crippen LogP contribution in [0.15, 0.2) is 53.3 Å². The van der Waals surface area contributed by atoms with E-state index in [1.807, 2.05) is 11.8 Å². The van der Waals surface area contributed by atoms with Gasteiger partial charge in [0.05, 0.1) is 15.8 Å². The minimum atomic E-state index is -0.387. The van der Waals surface area contributed by atoms with Crippen LogP contribution in [0.4, 0.5) is 17.3 Å². The largest absolute Gasteiger partial charge is 0.366 e. The summed E-state index contributed by atoms with van der Waals surface area (Å²) in [5, 5.41) is 11.8. The summed E-state index contributed by atoms with van der Waals surface area (Å²) in [5.74, 6) is -0.164. The first kappa shape index (κ1) is 21.3. The van der Waals surface area contributed by atoms with Gasteiger partial charge in [0, 0.05) is 31.6 Å². The predicted molar refractivity (Wildman–Crippen MR) is 121 cm³/mol. The normalized spacial score (nSPS) is 14.3. The van der Waals surface area contributed by atoms with Crippen molar-refractivity contribution in [3.05, 3.63) is 69.0 Å². The molecule has 0 spiro atoms. The van der Waals surface area contributed by atoms with Gasteiger partial charge in [-0.2, -0.15) is 0 Å². The van der Waals surface area contributed by atoms with E-state index >= 15 is 0 Å². The van der Waals surface area contributed by atoms with Crippen molar-refractivity contribution >= 4 is 34.1 Å². The number of hydrogen-bond acceptors (Lipinski definition) is 7. The molecule has 2 N–H and O–H groups in total. The van der Waals surface area contributed by atoms with Crippen molar-refractivity contribution in [2.75, 3.05) is 23.4 Å². The molecule has 4 rings (SSSR count). The molecule has 32 heavy (non-hydrogen) atoms. The lowest BCUT2D eigenvalue weighted by molar-refractivity contribution is -0.384. The van der Waals surface area contributed by atoms with Crippen LogP contribution in [0.3, 0.4) is 0 Å². The maximum Gasteiger partial charge on any atom is 0.292 e. The van der Waals surface area contributed by atoms with E-state index in [9.17, 15) is 19.7 Å².